The number of carbonyl (C=O) groups is 2. The van der Waals surface area contributed by atoms with E-state index in [-0.39, 0.29) is 45.4 Å². The Bertz CT molecular complexity index is 1460. The van der Waals surface area contributed by atoms with Gasteiger partial charge in [-0.1, -0.05) is 30.3 Å². The molecular weight excluding hydrogens is 573 g/mol. The number of sulfonamides is 1. The number of halogens is 3. The van der Waals surface area contributed by atoms with Crippen molar-refractivity contribution in [3.63, 3.8) is 0 Å². The lowest BCUT2D eigenvalue weighted by molar-refractivity contribution is -0.137. The molecule has 0 radical (unpaired) electrons. The van der Waals surface area contributed by atoms with E-state index < -0.39 is 51.3 Å². The zero-order chi connectivity index (χ0) is 30.9. The monoisotopic (exact) mass is 608 g/mol. The van der Waals surface area contributed by atoms with Crippen LogP contribution in [-0.2, 0) is 38.6 Å². The summed E-state index contributed by atoms with van der Waals surface area (Å²) in [5.41, 5.74) is 17.8. The van der Waals surface area contributed by atoms with E-state index >= 15 is 0 Å². The van der Waals surface area contributed by atoms with Gasteiger partial charge in [-0.15, -0.1) is 0 Å². The second-order valence-electron chi connectivity index (χ2n) is 9.83. The Morgan fingerprint density at radius 2 is 1.62 bits per heavy atom. The van der Waals surface area contributed by atoms with Gasteiger partial charge in [0.1, 0.15) is 0 Å². The lowest BCUT2D eigenvalue weighted by Gasteiger charge is -2.23. The summed E-state index contributed by atoms with van der Waals surface area (Å²) in [5, 5.41) is 3.39. The highest BCUT2D eigenvalue weighted by Gasteiger charge is 2.31. The molecule has 1 amide bonds. The van der Waals surface area contributed by atoms with Gasteiger partial charge in [0, 0.05) is 44.2 Å². The highest BCUT2D eigenvalue weighted by Crippen LogP contribution is 2.29. The van der Waals surface area contributed by atoms with Crippen molar-refractivity contribution in [3.05, 3.63) is 77.5 Å². The van der Waals surface area contributed by atoms with E-state index in [1.165, 1.54) is 12.1 Å². The Morgan fingerprint density at radius 1 is 0.976 bits per heavy atom. The molecule has 0 aliphatic carbocycles. The summed E-state index contributed by atoms with van der Waals surface area (Å²) in [5.74, 6) is -1.63. The van der Waals surface area contributed by atoms with E-state index in [4.69, 9.17) is 17.2 Å². The fraction of sp³-hybridized carbons (Fsp3) is 0.393. The molecule has 0 unspecified atom stereocenters. The molecule has 10 nitrogen and oxygen atoms in total. The summed E-state index contributed by atoms with van der Waals surface area (Å²) >= 11 is 0. The van der Waals surface area contributed by atoms with E-state index in [0.717, 1.165) is 27.3 Å². The van der Waals surface area contributed by atoms with Gasteiger partial charge in [-0.05, 0) is 48.2 Å². The van der Waals surface area contributed by atoms with Gasteiger partial charge in [-0.3, -0.25) is 14.6 Å². The third-order valence-electron chi connectivity index (χ3n) is 6.63. The summed E-state index contributed by atoms with van der Waals surface area (Å²) < 4.78 is 65.6. The average molecular weight is 609 g/mol. The van der Waals surface area contributed by atoms with Crippen LogP contribution in [0.3, 0.4) is 0 Å². The summed E-state index contributed by atoms with van der Waals surface area (Å²) in [6.07, 6.45) is -3.43. The summed E-state index contributed by atoms with van der Waals surface area (Å²) in [6, 6.07) is 11.0. The highest BCUT2D eigenvalue weighted by atomic mass is 32.2. The number of pyridine rings is 1. The van der Waals surface area contributed by atoms with Gasteiger partial charge in [0.05, 0.1) is 28.9 Å². The number of nitrogens with one attached hydrogen (secondary N) is 1. The second kappa shape index (κ2) is 14.6. The Kier molecular flexibility index (Phi) is 11.5. The smallest absolute Gasteiger partial charge is 0.345 e. The molecule has 7 N–H and O–H groups in total. The van der Waals surface area contributed by atoms with Crippen LogP contribution in [0.4, 0.5) is 13.2 Å². The van der Waals surface area contributed by atoms with Gasteiger partial charge in [-0.2, -0.15) is 17.5 Å². The number of hydrogen-bond acceptors (Lipinski definition) is 8. The number of nitrogens with two attached hydrogens (primary N) is 3. The van der Waals surface area contributed by atoms with E-state index in [2.05, 4.69) is 10.3 Å². The zero-order valence-corrected chi connectivity index (χ0v) is 23.7. The molecule has 2 atom stereocenters. The Labute approximate surface area is 242 Å². The number of aromatic nitrogens is 1. The third kappa shape index (κ3) is 9.29. The Balaban J connectivity index is 1.76. The maximum atomic E-state index is 13.4. The molecule has 2 aromatic carbocycles. The minimum Gasteiger partial charge on any atom is -0.345 e. The van der Waals surface area contributed by atoms with Gasteiger partial charge in [0.2, 0.25) is 15.9 Å². The van der Waals surface area contributed by atoms with Gasteiger partial charge in [0.25, 0.3) is 0 Å². The first-order chi connectivity index (χ1) is 19.8. The second-order valence-corrected chi connectivity index (χ2v) is 11.9. The lowest BCUT2D eigenvalue weighted by Crippen LogP contribution is -2.50. The number of hydrogen-bond donors (Lipinski definition) is 4. The minimum absolute atomic E-state index is 0.0638. The number of alkyl halides is 3. The van der Waals surface area contributed by atoms with Crippen LogP contribution in [0.5, 0.6) is 0 Å². The minimum atomic E-state index is -4.53. The first-order valence-corrected chi connectivity index (χ1v) is 14.9. The summed E-state index contributed by atoms with van der Waals surface area (Å²) in [4.78, 5) is 30.7. The van der Waals surface area contributed by atoms with E-state index in [0.29, 0.717) is 11.1 Å². The van der Waals surface area contributed by atoms with Crippen LogP contribution in [0.25, 0.3) is 10.9 Å². The first kappa shape index (κ1) is 33.1. The van der Waals surface area contributed by atoms with Gasteiger partial charge < -0.3 is 22.5 Å². The molecule has 0 saturated heterocycles. The maximum Gasteiger partial charge on any atom is 0.416 e. The third-order valence-corrected chi connectivity index (χ3v) is 8.53. The number of ketones is 1. The normalized spacial score (nSPS) is 13.7. The quantitative estimate of drug-likeness (QED) is 0.200. The fourth-order valence-electron chi connectivity index (χ4n) is 4.34. The predicted molar refractivity (Wildman–Crippen MR) is 154 cm³/mol. The zero-order valence-electron chi connectivity index (χ0n) is 22.9. The number of fused-ring (bicyclic) bond motifs is 1. The fourth-order valence-corrected chi connectivity index (χ4v) is 5.92. The SMILES string of the molecule is NCCN(CCN)S(=O)(=O)CC[C@H](N)C(=O)N[C@H](Cc1ccc(C(F)(F)F)cc1)C(=O)Cc1cnc2ccccc2c1. The van der Waals surface area contributed by atoms with Crippen molar-refractivity contribution in [2.75, 3.05) is 31.9 Å². The van der Waals surface area contributed by atoms with Crippen LogP contribution >= 0.6 is 0 Å². The number of para-hydroxylation sites is 1. The molecule has 3 aromatic rings. The molecular formula is C28H35F3N6O4S. The van der Waals surface area contributed by atoms with E-state index in [9.17, 15) is 31.2 Å². The lowest BCUT2D eigenvalue weighted by atomic mass is 9.96. The van der Waals surface area contributed by atoms with Gasteiger partial charge >= 0.3 is 6.18 Å². The van der Waals surface area contributed by atoms with Crippen molar-refractivity contribution in [2.45, 2.75) is 37.5 Å². The number of Topliss-reactive ketones (excluding diaryl/α,β-unsaturated/α-hetero) is 1. The highest BCUT2D eigenvalue weighted by molar-refractivity contribution is 7.89. The van der Waals surface area contributed by atoms with Crippen LogP contribution < -0.4 is 22.5 Å². The molecule has 0 aliphatic heterocycles. The Hall–Kier alpha value is -3.43. The molecule has 1 heterocycles. The molecule has 0 bridgehead atoms. The Morgan fingerprint density at radius 3 is 2.24 bits per heavy atom. The number of rotatable bonds is 15. The predicted octanol–water partition coefficient (Wildman–Crippen LogP) is 1.36. The van der Waals surface area contributed by atoms with Gasteiger partial charge in [0.15, 0.2) is 5.78 Å². The molecule has 0 fully saturated rings. The van der Waals surface area contributed by atoms with Crippen molar-refractivity contribution >= 4 is 32.6 Å². The number of amides is 1. The molecule has 3 rings (SSSR count). The van der Waals surface area contributed by atoms with Crippen LogP contribution in [0.1, 0.15) is 23.1 Å². The van der Waals surface area contributed by atoms with Crippen molar-refractivity contribution in [3.8, 4) is 0 Å². The summed E-state index contributed by atoms with van der Waals surface area (Å²) in [7, 11) is -3.80. The van der Waals surface area contributed by atoms with Crippen LogP contribution in [0, 0.1) is 0 Å². The van der Waals surface area contributed by atoms with Crippen molar-refractivity contribution in [2.24, 2.45) is 17.2 Å². The molecule has 1 aromatic heterocycles. The van der Waals surface area contributed by atoms with Gasteiger partial charge in [-0.25, -0.2) is 8.42 Å². The molecule has 0 spiro atoms. The molecule has 0 aliphatic rings. The number of carbonyl (C=O) groups excluding carboxylic acids is 2. The number of nitrogens with zero attached hydrogens (tertiary/aromatic N) is 2. The average Bonchev–Trinajstić information content (AvgIpc) is 2.95. The standard InChI is InChI=1S/C28H35F3N6O4S/c29-28(30,31)22-7-5-19(6-8-22)16-25(26(38)17-20-15-21-3-1-2-4-24(21)35-18-20)36-27(39)23(34)9-14-42(40,41)37(12-10-32)13-11-33/h1-8,15,18,23,25H,9-14,16-17,32-34H2,(H,36,39)/t23-,25+/m0/s1. The van der Waals surface area contributed by atoms with E-state index in [1.54, 1.807) is 12.3 Å². The molecule has 14 heteroatoms. The van der Waals surface area contributed by atoms with Crippen molar-refractivity contribution in [1.29, 1.82) is 0 Å². The first-order valence-electron chi connectivity index (χ1n) is 13.3. The van der Waals surface area contributed by atoms with Crippen LogP contribution in [0.15, 0.2) is 60.8 Å². The largest absolute Gasteiger partial charge is 0.416 e. The summed E-state index contributed by atoms with van der Waals surface area (Å²) in [6.45, 7) is 0.307. The van der Waals surface area contributed by atoms with E-state index in [1.807, 2.05) is 24.3 Å². The molecule has 228 valence electrons. The van der Waals surface area contributed by atoms with Crippen LogP contribution in [-0.4, -0.2) is 73.4 Å². The van der Waals surface area contributed by atoms with Crippen molar-refractivity contribution in [1.82, 2.24) is 14.6 Å². The van der Waals surface area contributed by atoms with Crippen LogP contribution in [0.2, 0.25) is 0 Å². The molecule has 0 saturated carbocycles. The topological polar surface area (TPSA) is 174 Å². The maximum absolute atomic E-state index is 13.4. The van der Waals surface area contributed by atoms with Crippen molar-refractivity contribution < 1.29 is 31.2 Å². The number of benzene rings is 2. The molecule has 42 heavy (non-hydrogen) atoms.